The topological polar surface area (TPSA) is 42.5 Å². The largest absolute Gasteiger partial charge is 0.382 e. The molecular weight excluding hydrogens is 236 g/mol. The van der Waals surface area contributed by atoms with Gasteiger partial charge in [0.25, 0.3) is 0 Å². The summed E-state index contributed by atoms with van der Waals surface area (Å²) >= 11 is 5.13. The lowest BCUT2D eigenvalue weighted by atomic mass is 10.4. The lowest BCUT2D eigenvalue weighted by Crippen LogP contribution is -2.36. The van der Waals surface area contributed by atoms with Crippen molar-refractivity contribution in [3.63, 3.8) is 0 Å². The molecule has 0 aromatic rings. The zero-order valence-electron chi connectivity index (χ0n) is 11.1. The molecule has 0 aliphatic carbocycles. The Labute approximate surface area is 110 Å². The van der Waals surface area contributed by atoms with Crippen molar-refractivity contribution in [2.75, 3.05) is 39.5 Å². The van der Waals surface area contributed by atoms with Gasteiger partial charge < -0.3 is 20.1 Å². The molecule has 0 bridgehead atoms. The number of hydrogen-bond donors (Lipinski definition) is 2. The van der Waals surface area contributed by atoms with Gasteiger partial charge in [-0.3, -0.25) is 0 Å². The summed E-state index contributed by atoms with van der Waals surface area (Å²) in [7, 11) is 0. The van der Waals surface area contributed by atoms with Gasteiger partial charge in [-0.25, -0.2) is 0 Å². The van der Waals surface area contributed by atoms with Gasteiger partial charge in [-0.2, -0.15) is 0 Å². The van der Waals surface area contributed by atoms with Crippen LogP contribution in [0.1, 0.15) is 33.1 Å². The van der Waals surface area contributed by atoms with Crippen LogP contribution in [0.25, 0.3) is 0 Å². The summed E-state index contributed by atoms with van der Waals surface area (Å²) in [5.41, 5.74) is 0. The minimum atomic E-state index is 0.719. The third kappa shape index (κ3) is 13.5. The standard InChI is InChI=1S/C12H26N2O2S/c1-3-9-16-11-6-8-14-12(17)13-7-5-10-15-4-2/h3-11H2,1-2H3,(H2,13,14,17). The molecule has 0 fully saturated rings. The highest BCUT2D eigenvalue weighted by molar-refractivity contribution is 7.80. The summed E-state index contributed by atoms with van der Waals surface area (Å²) in [4.78, 5) is 0. The molecule has 0 aromatic heterocycles. The van der Waals surface area contributed by atoms with Crippen LogP contribution in [0, 0.1) is 0 Å². The van der Waals surface area contributed by atoms with E-state index in [1.165, 1.54) is 0 Å². The first-order chi connectivity index (χ1) is 8.31. The molecule has 0 saturated heterocycles. The Kier molecular flexibility index (Phi) is 13.4. The summed E-state index contributed by atoms with van der Waals surface area (Å²) in [5.74, 6) is 0. The second kappa shape index (κ2) is 13.7. The fourth-order valence-electron chi connectivity index (χ4n) is 1.21. The van der Waals surface area contributed by atoms with E-state index in [1.807, 2.05) is 6.92 Å². The second-order valence-electron chi connectivity index (χ2n) is 3.70. The molecule has 0 aromatic carbocycles. The van der Waals surface area contributed by atoms with Crippen molar-refractivity contribution >= 4 is 17.3 Å². The lowest BCUT2D eigenvalue weighted by Gasteiger charge is -2.10. The van der Waals surface area contributed by atoms with Gasteiger partial charge in [0, 0.05) is 39.5 Å². The first kappa shape index (κ1) is 16.6. The molecular formula is C12H26N2O2S. The maximum Gasteiger partial charge on any atom is 0.166 e. The maximum absolute atomic E-state index is 5.37. The van der Waals surface area contributed by atoms with E-state index < -0.39 is 0 Å². The van der Waals surface area contributed by atoms with Gasteiger partial charge in [-0.15, -0.1) is 0 Å². The van der Waals surface area contributed by atoms with Gasteiger partial charge in [0.15, 0.2) is 5.11 Å². The molecule has 0 unspecified atom stereocenters. The van der Waals surface area contributed by atoms with Crippen LogP contribution in [-0.2, 0) is 9.47 Å². The number of thiocarbonyl (C=S) groups is 1. The van der Waals surface area contributed by atoms with E-state index in [9.17, 15) is 0 Å². The zero-order valence-corrected chi connectivity index (χ0v) is 11.9. The molecule has 2 N–H and O–H groups in total. The van der Waals surface area contributed by atoms with Gasteiger partial charge in [0.05, 0.1) is 0 Å². The summed E-state index contributed by atoms with van der Waals surface area (Å²) in [6, 6.07) is 0. The number of hydrogen-bond acceptors (Lipinski definition) is 3. The Morgan fingerprint density at radius 3 is 2.06 bits per heavy atom. The Hall–Kier alpha value is -0.390. The third-order valence-electron chi connectivity index (χ3n) is 2.05. The van der Waals surface area contributed by atoms with Gasteiger partial charge in [0.1, 0.15) is 0 Å². The van der Waals surface area contributed by atoms with Gasteiger partial charge >= 0.3 is 0 Å². The highest BCUT2D eigenvalue weighted by atomic mass is 32.1. The molecule has 17 heavy (non-hydrogen) atoms. The van der Waals surface area contributed by atoms with Crippen LogP contribution in [0.3, 0.4) is 0 Å². The summed E-state index contributed by atoms with van der Waals surface area (Å²) < 4.78 is 10.6. The maximum atomic E-state index is 5.37. The quantitative estimate of drug-likeness (QED) is 0.438. The highest BCUT2D eigenvalue weighted by Crippen LogP contribution is 1.84. The van der Waals surface area contributed by atoms with Crippen LogP contribution in [0.5, 0.6) is 0 Å². The third-order valence-corrected chi connectivity index (χ3v) is 2.34. The van der Waals surface area contributed by atoms with E-state index in [-0.39, 0.29) is 0 Å². The SMILES string of the molecule is CCCOCCCNC(=S)NCCCOCC. The fourth-order valence-corrected chi connectivity index (χ4v) is 1.41. The van der Waals surface area contributed by atoms with Crippen molar-refractivity contribution in [1.29, 1.82) is 0 Å². The minimum Gasteiger partial charge on any atom is -0.382 e. The first-order valence-electron chi connectivity index (χ1n) is 6.48. The second-order valence-corrected chi connectivity index (χ2v) is 4.11. The van der Waals surface area contributed by atoms with Crippen molar-refractivity contribution < 1.29 is 9.47 Å². The van der Waals surface area contributed by atoms with Crippen LogP contribution in [0.4, 0.5) is 0 Å². The molecule has 0 atom stereocenters. The Morgan fingerprint density at radius 1 is 0.941 bits per heavy atom. The molecule has 102 valence electrons. The van der Waals surface area contributed by atoms with Crippen molar-refractivity contribution in [2.45, 2.75) is 33.1 Å². The predicted molar refractivity (Wildman–Crippen MR) is 75.4 cm³/mol. The van der Waals surface area contributed by atoms with E-state index >= 15 is 0 Å². The smallest absolute Gasteiger partial charge is 0.166 e. The van der Waals surface area contributed by atoms with Gasteiger partial charge in [-0.05, 0) is 38.4 Å². The fraction of sp³-hybridized carbons (Fsp3) is 0.917. The monoisotopic (exact) mass is 262 g/mol. The molecule has 0 amide bonds. The number of nitrogens with one attached hydrogen (secondary N) is 2. The van der Waals surface area contributed by atoms with Gasteiger partial charge in [-0.1, -0.05) is 6.92 Å². The van der Waals surface area contributed by atoms with Crippen LogP contribution < -0.4 is 10.6 Å². The molecule has 4 nitrogen and oxygen atoms in total. The predicted octanol–water partition coefficient (Wildman–Crippen LogP) is 1.69. The summed E-state index contributed by atoms with van der Waals surface area (Å²) in [5, 5.41) is 7.01. The Morgan fingerprint density at radius 2 is 1.53 bits per heavy atom. The average Bonchev–Trinajstić information content (AvgIpc) is 2.33. The van der Waals surface area contributed by atoms with E-state index in [4.69, 9.17) is 21.7 Å². The molecule has 0 aliphatic heterocycles. The van der Waals surface area contributed by atoms with Crippen LogP contribution in [0.15, 0.2) is 0 Å². The molecule has 0 heterocycles. The van der Waals surface area contributed by atoms with Crippen molar-refractivity contribution in [3.8, 4) is 0 Å². The van der Waals surface area contributed by atoms with E-state index in [0.717, 1.165) is 63.9 Å². The average molecular weight is 262 g/mol. The number of ether oxygens (including phenoxy) is 2. The van der Waals surface area contributed by atoms with E-state index in [2.05, 4.69) is 17.6 Å². The molecule has 0 saturated carbocycles. The van der Waals surface area contributed by atoms with Crippen LogP contribution in [0.2, 0.25) is 0 Å². The Balaban J connectivity index is 3.12. The van der Waals surface area contributed by atoms with Crippen molar-refractivity contribution in [3.05, 3.63) is 0 Å². The first-order valence-corrected chi connectivity index (χ1v) is 6.89. The molecule has 0 radical (unpaired) electrons. The summed E-state index contributed by atoms with van der Waals surface area (Å²) in [6.45, 7) is 9.05. The van der Waals surface area contributed by atoms with E-state index in [1.54, 1.807) is 0 Å². The lowest BCUT2D eigenvalue weighted by molar-refractivity contribution is 0.133. The minimum absolute atomic E-state index is 0.719. The Bertz CT molecular complexity index is 180. The van der Waals surface area contributed by atoms with Crippen LogP contribution >= 0.6 is 12.2 Å². The van der Waals surface area contributed by atoms with Crippen LogP contribution in [-0.4, -0.2) is 44.6 Å². The van der Waals surface area contributed by atoms with Crippen molar-refractivity contribution in [1.82, 2.24) is 10.6 Å². The molecule has 0 aliphatic rings. The van der Waals surface area contributed by atoms with Crippen molar-refractivity contribution in [2.24, 2.45) is 0 Å². The molecule has 0 spiro atoms. The summed E-state index contributed by atoms with van der Waals surface area (Å²) in [6.07, 6.45) is 3.04. The molecule has 0 rings (SSSR count). The molecule has 5 heteroatoms. The zero-order chi connectivity index (χ0) is 12.8. The number of rotatable bonds is 11. The normalized spacial score (nSPS) is 10.2. The highest BCUT2D eigenvalue weighted by Gasteiger charge is 1.94. The van der Waals surface area contributed by atoms with Gasteiger partial charge in [0.2, 0.25) is 0 Å². The van der Waals surface area contributed by atoms with E-state index in [0.29, 0.717) is 0 Å².